The fourth-order valence-electron chi connectivity index (χ4n) is 1.65. The van der Waals surface area contributed by atoms with Crippen molar-refractivity contribution in [3.05, 3.63) is 41.7 Å². The molecule has 0 aliphatic carbocycles. The topological polar surface area (TPSA) is 42.2 Å². The third kappa shape index (κ3) is 3.09. The van der Waals surface area contributed by atoms with Crippen molar-refractivity contribution < 1.29 is 4.52 Å². The third-order valence-electron chi connectivity index (χ3n) is 2.85. The molecular formula is C14H19N3O. The maximum atomic E-state index is 5.24. The molecule has 1 aromatic heterocycles. The lowest BCUT2D eigenvalue weighted by atomic mass is 10.1. The van der Waals surface area contributed by atoms with Crippen LogP contribution >= 0.6 is 0 Å². The number of rotatable bonds is 5. The quantitative estimate of drug-likeness (QED) is 0.812. The fraction of sp³-hybridized carbons (Fsp3) is 0.429. The van der Waals surface area contributed by atoms with Crippen LogP contribution in [-0.2, 0) is 6.42 Å². The van der Waals surface area contributed by atoms with Gasteiger partial charge in [0.1, 0.15) is 0 Å². The zero-order valence-corrected chi connectivity index (χ0v) is 11.1. The van der Waals surface area contributed by atoms with E-state index in [4.69, 9.17) is 4.52 Å². The Morgan fingerprint density at radius 1 is 1.22 bits per heavy atom. The average molecular weight is 245 g/mol. The van der Waals surface area contributed by atoms with Gasteiger partial charge in [0.15, 0.2) is 5.82 Å². The van der Waals surface area contributed by atoms with Crippen LogP contribution in [0.25, 0.3) is 0 Å². The minimum Gasteiger partial charge on any atom is -0.327 e. The number of likely N-dealkylation sites (N-methyl/N-ethyl adjacent to an activating group) is 1. The number of nitrogens with zero attached hydrogens (tertiary/aromatic N) is 3. The van der Waals surface area contributed by atoms with Crippen LogP contribution in [0.1, 0.15) is 31.2 Å². The molecule has 0 bridgehead atoms. The Morgan fingerprint density at radius 3 is 2.56 bits per heavy atom. The van der Waals surface area contributed by atoms with Crippen LogP contribution in [0, 0.1) is 0 Å². The Kier molecular flexibility index (Phi) is 3.97. The van der Waals surface area contributed by atoms with Gasteiger partial charge in [0.05, 0.1) is 0 Å². The molecule has 0 spiro atoms. The largest absolute Gasteiger partial charge is 0.327 e. The Hall–Kier alpha value is -1.84. The highest BCUT2D eigenvalue weighted by Gasteiger charge is 2.12. The van der Waals surface area contributed by atoms with Crippen LogP contribution in [0.3, 0.4) is 0 Å². The summed E-state index contributed by atoms with van der Waals surface area (Å²) in [5.41, 5.74) is 1.31. The molecule has 4 heteroatoms. The molecule has 1 heterocycles. The molecule has 2 aromatic rings. The molecule has 96 valence electrons. The van der Waals surface area contributed by atoms with E-state index >= 15 is 0 Å². The fourth-order valence-corrected chi connectivity index (χ4v) is 1.65. The molecule has 0 aliphatic heterocycles. The maximum absolute atomic E-state index is 5.24. The summed E-state index contributed by atoms with van der Waals surface area (Å²) < 4.78 is 5.24. The van der Waals surface area contributed by atoms with Crippen molar-refractivity contribution in [3.63, 3.8) is 0 Å². The van der Waals surface area contributed by atoms with E-state index in [0.717, 1.165) is 18.8 Å². The first kappa shape index (κ1) is 12.6. The van der Waals surface area contributed by atoms with Gasteiger partial charge in [-0.15, -0.1) is 0 Å². The highest BCUT2D eigenvalue weighted by molar-refractivity contribution is 5.25. The second-order valence-electron chi connectivity index (χ2n) is 4.75. The van der Waals surface area contributed by atoms with E-state index in [1.54, 1.807) is 0 Å². The van der Waals surface area contributed by atoms with Crippen molar-refractivity contribution in [2.24, 2.45) is 0 Å². The Balaban J connectivity index is 1.93. The second kappa shape index (κ2) is 5.67. The lowest BCUT2D eigenvalue weighted by molar-refractivity contribution is 0.408. The first-order valence-electron chi connectivity index (χ1n) is 6.25. The van der Waals surface area contributed by atoms with Crippen LogP contribution < -0.4 is 4.90 Å². The normalized spacial score (nSPS) is 10.9. The van der Waals surface area contributed by atoms with Gasteiger partial charge >= 0.3 is 6.01 Å². The molecule has 0 atom stereocenters. The molecular weight excluding hydrogens is 226 g/mol. The number of anilines is 1. The maximum Gasteiger partial charge on any atom is 0.323 e. The molecule has 0 N–H and O–H groups in total. The van der Waals surface area contributed by atoms with Crippen LogP contribution in [-0.4, -0.2) is 23.7 Å². The summed E-state index contributed by atoms with van der Waals surface area (Å²) in [6, 6.07) is 11.0. The molecule has 18 heavy (non-hydrogen) atoms. The molecule has 0 fully saturated rings. The van der Waals surface area contributed by atoms with E-state index in [1.165, 1.54) is 5.56 Å². The molecule has 0 amide bonds. The minimum atomic E-state index is 0.296. The first-order chi connectivity index (χ1) is 8.66. The number of hydrogen-bond acceptors (Lipinski definition) is 4. The van der Waals surface area contributed by atoms with E-state index in [0.29, 0.717) is 11.9 Å². The van der Waals surface area contributed by atoms with Crippen molar-refractivity contribution >= 4 is 6.01 Å². The molecule has 0 unspecified atom stereocenters. The van der Waals surface area contributed by atoms with Gasteiger partial charge in [-0.05, 0) is 12.0 Å². The molecule has 0 radical (unpaired) electrons. The molecule has 0 saturated carbocycles. The first-order valence-corrected chi connectivity index (χ1v) is 6.25. The lowest BCUT2D eigenvalue weighted by Crippen LogP contribution is -2.20. The van der Waals surface area contributed by atoms with Gasteiger partial charge in [-0.1, -0.05) is 49.3 Å². The lowest BCUT2D eigenvalue weighted by Gasteiger charge is -2.13. The number of hydrogen-bond donors (Lipinski definition) is 0. The van der Waals surface area contributed by atoms with Crippen molar-refractivity contribution in [1.82, 2.24) is 10.1 Å². The smallest absolute Gasteiger partial charge is 0.323 e. The Morgan fingerprint density at radius 2 is 1.94 bits per heavy atom. The van der Waals surface area contributed by atoms with E-state index in [9.17, 15) is 0 Å². The SMILES string of the molecule is CC(C)c1noc(N(C)CCc2ccccc2)n1. The predicted molar refractivity (Wildman–Crippen MR) is 71.8 cm³/mol. The summed E-state index contributed by atoms with van der Waals surface area (Å²) in [7, 11) is 1.97. The van der Waals surface area contributed by atoms with Gasteiger partial charge in [-0.25, -0.2) is 0 Å². The predicted octanol–water partition coefficient (Wildman–Crippen LogP) is 2.87. The van der Waals surface area contributed by atoms with E-state index in [2.05, 4.69) is 48.3 Å². The monoisotopic (exact) mass is 245 g/mol. The Labute approximate surface area is 108 Å². The molecule has 4 nitrogen and oxygen atoms in total. The van der Waals surface area contributed by atoms with Crippen molar-refractivity contribution in [1.29, 1.82) is 0 Å². The second-order valence-corrected chi connectivity index (χ2v) is 4.75. The minimum absolute atomic E-state index is 0.296. The summed E-state index contributed by atoms with van der Waals surface area (Å²) in [6.45, 7) is 4.97. The van der Waals surface area contributed by atoms with Crippen LogP contribution in [0.5, 0.6) is 0 Å². The van der Waals surface area contributed by atoms with Crippen LogP contribution in [0.2, 0.25) is 0 Å². The summed E-state index contributed by atoms with van der Waals surface area (Å²) in [5.74, 6) is 1.06. The zero-order valence-electron chi connectivity index (χ0n) is 11.1. The summed E-state index contributed by atoms with van der Waals surface area (Å²) in [6.07, 6.45) is 0.969. The molecule has 0 aliphatic rings. The number of aromatic nitrogens is 2. The Bertz CT molecular complexity index is 479. The third-order valence-corrected chi connectivity index (χ3v) is 2.85. The van der Waals surface area contributed by atoms with Crippen LogP contribution in [0.15, 0.2) is 34.9 Å². The highest BCUT2D eigenvalue weighted by atomic mass is 16.5. The van der Waals surface area contributed by atoms with Gasteiger partial charge in [0.25, 0.3) is 0 Å². The van der Waals surface area contributed by atoms with Crippen LogP contribution in [0.4, 0.5) is 6.01 Å². The molecule has 1 aromatic carbocycles. The van der Waals surface area contributed by atoms with Gasteiger partial charge in [0, 0.05) is 19.5 Å². The van der Waals surface area contributed by atoms with E-state index < -0.39 is 0 Å². The zero-order chi connectivity index (χ0) is 13.0. The summed E-state index contributed by atoms with van der Waals surface area (Å²) in [5, 5.41) is 3.96. The van der Waals surface area contributed by atoms with Crippen molar-refractivity contribution in [2.75, 3.05) is 18.5 Å². The average Bonchev–Trinajstić information content (AvgIpc) is 2.87. The standard InChI is InChI=1S/C14H19N3O/c1-11(2)13-15-14(18-16-13)17(3)10-9-12-7-5-4-6-8-12/h4-8,11H,9-10H2,1-3H3. The summed E-state index contributed by atoms with van der Waals surface area (Å²) in [4.78, 5) is 6.36. The number of benzene rings is 1. The molecule has 2 rings (SSSR count). The van der Waals surface area contributed by atoms with Crippen molar-refractivity contribution in [3.8, 4) is 0 Å². The highest BCUT2D eigenvalue weighted by Crippen LogP contribution is 2.15. The van der Waals surface area contributed by atoms with Gasteiger partial charge in [0.2, 0.25) is 0 Å². The molecule has 0 saturated heterocycles. The van der Waals surface area contributed by atoms with Gasteiger partial charge in [-0.2, -0.15) is 4.98 Å². The van der Waals surface area contributed by atoms with Gasteiger partial charge in [-0.3, -0.25) is 0 Å². The van der Waals surface area contributed by atoms with Gasteiger partial charge < -0.3 is 9.42 Å². The van der Waals surface area contributed by atoms with E-state index in [-0.39, 0.29) is 0 Å². The summed E-state index contributed by atoms with van der Waals surface area (Å²) >= 11 is 0. The van der Waals surface area contributed by atoms with Crippen molar-refractivity contribution in [2.45, 2.75) is 26.2 Å². The van der Waals surface area contributed by atoms with E-state index in [1.807, 2.05) is 18.0 Å².